The highest BCUT2D eigenvalue weighted by atomic mass is 19.4. The van der Waals surface area contributed by atoms with Gasteiger partial charge in [0.1, 0.15) is 5.82 Å². The van der Waals surface area contributed by atoms with Crippen LogP contribution in [0.25, 0.3) is 0 Å². The second-order valence-corrected chi connectivity index (χ2v) is 4.85. The summed E-state index contributed by atoms with van der Waals surface area (Å²) in [5.41, 5.74) is -1.98. The Morgan fingerprint density at radius 1 is 1.24 bits per heavy atom. The molecule has 0 spiro atoms. The Balaban J connectivity index is 3.07. The number of aliphatic hydroxyl groups excluding tert-OH is 1. The number of alkyl halides is 3. The standard InChI is InChI=1S/C13H15F4NO3/c1-6(2)10(12(20)21)18-11(19)8-5-7(13(15,16)17)3-4-9(8)14/h3-6,10,12,20-21H,1-2H3,(H,18,19)/t10-/m1/s1. The SMILES string of the molecule is CC(C)[C@@H](NC(=O)c1cc(C(F)(F)F)ccc1F)C(O)O. The number of nitrogens with one attached hydrogen (secondary N) is 1. The van der Waals surface area contributed by atoms with Gasteiger partial charge >= 0.3 is 6.18 Å². The molecule has 0 aliphatic heterocycles. The average Bonchev–Trinajstić information content (AvgIpc) is 2.33. The number of benzene rings is 1. The number of hydrogen-bond acceptors (Lipinski definition) is 3. The predicted molar refractivity (Wildman–Crippen MR) is 65.7 cm³/mol. The van der Waals surface area contributed by atoms with Gasteiger partial charge in [0.2, 0.25) is 0 Å². The molecule has 0 radical (unpaired) electrons. The maximum absolute atomic E-state index is 13.5. The maximum atomic E-state index is 13.5. The zero-order valence-electron chi connectivity index (χ0n) is 11.3. The van der Waals surface area contributed by atoms with Crippen LogP contribution in [0.4, 0.5) is 17.6 Å². The van der Waals surface area contributed by atoms with Gasteiger partial charge in [0.05, 0.1) is 17.2 Å². The van der Waals surface area contributed by atoms with E-state index >= 15 is 0 Å². The van der Waals surface area contributed by atoms with Gasteiger partial charge in [-0.15, -0.1) is 0 Å². The van der Waals surface area contributed by atoms with Crippen LogP contribution in [0.2, 0.25) is 0 Å². The molecular weight excluding hydrogens is 294 g/mol. The van der Waals surface area contributed by atoms with Crippen molar-refractivity contribution >= 4 is 5.91 Å². The molecule has 0 aliphatic carbocycles. The zero-order chi connectivity index (χ0) is 16.4. The van der Waals surface area contributed by atoms with Crippen LogP contribution in [0.15, 0.2) is 18.2 Å². The third-order valence-electron chi connectivity index (χ3n) is 2.88. The number of aliphatic hydroxyl groups is 2. The van der Waals surface area contributed by atoms with E-state index in [1.165, 1.54) is 0 Å². The number of carbonyl (C=O) groups excluding carboxylic acids is 1. The number of rotatable bonds is 4. The number of hydrogen-bond donors (Lipinski definition) is 3. The van der Waals surface area contributed by atoms with Gasteiger partial charge in [-0.2, -0.15) is 13.2 Å². The molecule has 0 saturated carbocycles. The van der Waals surface area contributed by atoms with Gasteiger partial charge in [-0.3, -0.25) is 4.79 Å². The molecule has 1 atom stereocenters. The van der Waals surface area contributed by atoms with Crippen molar-refractivity contribution in [2.24, 2.45) is 5.92 Å². The van der Waals surface area contributed by atoms with Gasteiger partial charge < -0.3 is 15.5 Å². The minimum atomic E-state index is -4.71. The van der Waals surface area contributed by atoms with Crippen molar-refractivity contribution in [2.75, 3.05) is 0 Å². The Labute approximate surface area is 118 Å². The number of halogens is 4. The predicted octanol–water partition coefficient (Wildman–Crippen LogP) is 1.91. The molecule has 4 nitrogen and oxygen atoms in total. The second-order valence-electron chi connectivity index (χ2n) is 4.85. The van der Waals surface area contributed by atoms with E-state index in [0.717, 1.165) is 0 Å². The Bertz CT molecular complexity index is 507. The third kappa shape index (κ3) is 4.40. The summed E-state index contributed by atoms with van der Waals surface area (Å²) in [6.07, 6.45) is -6.63. The zero-order valence-corrected chi connectivity index (χ0v) is 11.3. The molecule has 1 aromatic carbocycles. The molecule has 0 aliphatic rings. The van der Waals surface area contributed by atoms with Gasteiger partial charge in [-0.05, 0) is 24.1 Å². The molecule has 0 saturated heterocycles. The van der Waals surface area contributed by atoms with Crippen LogP contribution >= 0.6 is 0 Å². The van der Waals surface area contributed by atoms with Gasteiger partial charge in [0, 0.05) is 0 Å². The highest BCUT2D eigenvalue weighted by Gasteiger charge is 2.32. The molecule has 0 bridgehead atoms. The Kier molecular flexibility index (Phi) is 5.30. The highest BCUT2D eigenvalue weighted by molar-refractivity contribution is 5.94. The minimum Gasteiger partial charge on any atom is -0.366 e. The average molecular weight is 309 g/mol. The molecule has 8 heteroatoms. The van der Waals surface area contributed by atoms with E-state index in [2.05, 4.69) is 5.32 Å². The fourth-order valence-electron chi connectivity index (χ4n) is 1.69. The van der Waals surface area contributed by atoms with E-state index < -0.39 is 47.3 Å². The lowest BCUT2D eigenvalue weighted by Crippen LogP contribution is -2.46. The molecule has 1 rings (SSSR count). The fourth-order valence-corrected chi connectivity index (χ4v) is 1.69. The van der Waals surface area contributed by atoms with Gasteiger partial charge in [0.25, 0.3) is 5.91 Å². The van der Waals surface area contributed by atoms with E-state index in [-0.39, 0.29) is 0 Å². The van der Waals surface area contributed by atoms with Crippen molar-refractivity contribution in [1.82, 2.24) is 5.32 Å². The molecule has 1 amide bonds. The summed E-state index contributed by atoms with van der Waals surface area (Å²) in [7, 11) is 0. The van der Waals surface area contributed by atoms with Gasteiger partial charge in [-0.25, -0.2) is 4.39 Å². The summed E-state index contributed by atoms with van der Waals surface area (Å²) in [5.74, 6) is -2.69. The van der Waals surface area contributed by atoms with Crippen molar-refractivity contribution in [3.05, 3.63) is 35.1 Å². The van der Waals surface area contributed by atoms with Crippen LogP contribution in [0.1, 0.15) is 29.8 Å². The van der Waals surface area contributed by atoms with Crippen LogP contribution in [0, 0.1) is 11.7 Å². The highest BCUT2D eigenvalue weighted by Crippen LogP contribution is 2.30. The van der Waals surface area contributed by atoms with E-state index in [4.69, 9.17) is 10.2 Å². The van der Waals surface area contributed by atoms with Crippen LogP contribution in [-0.2, 0) is 6.18 Å². The lowest BCUT2D eigenvalue weighted by molar-refractivity contribution is -0.137. The summed E-state index contributed by atoms with van der Waals surface area (Å²) >= 11 is 0. The molecule has 118 valence electrons. The first kappa shape index (κ1) is 17.4. The largest absolute Gasteiger partial charge is 0.416 e. The summed E-state index contributed by atoms with van der Waals surface area (Å²) in [6, 6.07) is 0.308. The first-order valence-electron chi connectivity index (χ1n) is 6.07. The summed E-state index contributed by atoms with van der Waals surface area (Å²) in [5, 5.41) is 20.3. The monoisotopic (exact) mass is 309 g/mol. The first-order chi connectivity index (χ1) is 9.54. The van der Waals surface area contributed by atoms with Crippen molar-refractivity contribution in [2.45, 2.75) is 32.4 Å². The molecule has 21 heavy (non-hydrogen) atoms. The van der Waals surface area contributed by atoms with Crippen molar-refractivity contribution in [1.29, 1.82) is 0 Å². The maximum Gasteiger partial charge on any atom is 0.416 e. The van der Waals surface area contributed by atoms with Crippen molar-refractivity contribution in [3.8, 4) is 0 Å². The second kappa shape index (κ2) is 6.40. The Morgan fingerprint density at radius 2 is 1.81 bits per heavy atom. The van der Waals surface area contributed by atoms with E-state index in [1.54, 1.807) is 13.8 Å². The molecule has 3 N–H and O–H groups in total. The summed E-state index contributed by atoms with van der Waals surface area (Å²) < 4.78 is 51.2. The quantitative estimate of drug-likeness (QED) is 0.588. The molecule has 0 heterocycles. The Morgan fingerprint density at radius 3 is 2.24 bits per heavy atom. The molecule has 1 aromatic rings. The molecule has 0 aromatic heterocycles. The van der Waals surface area contributed by atoms with Crippen LogP contribution in [-0.4, -0.2) is 28.5 Å². The first-order valence-corrected chi connectivity index (χ1v) is 6.07. The summed E-state index contributed by atoms with van der Waals surface area (Å²) in [6.45, 7) is 3.12. The topological polar surface area (TPSA) is 69.6 Å². The molecular formula is C13H15F4NO3. The van der Waals surface area contributed by atoms with Crippen molar-refractivity contribution < 1.29 is 32.6 Å². The molecule has 0 unspecified atom stereocenters. The smallest absolute Gasteiger partial charge is 0.366 e. The number of carbonyl (C=O) groups is 1. The fraction of sp³-hybridized carbons (Fsp3) is 0.462. The normalized spacial score (nSPS) is 13.6. The van der Waals surface area contributed by atoms with E-state index in [1.807, 2.05) is 0 Å². The van der Waals surface area contributed by atoms with Crippen LogP contribution in [0.3, 0.4) is 0 Å². The van der Waals surface area contributed by atoms with Gasteiger partial charge in [-0.1, -0.05) is 13.8 Å². The summed E-state index contributed by atoms with van der Waals surface area (Å²) in [4.78, 5) is 11.8. The third-order valence-corrected chi connectivity index (χ3v) is 2.88. The van der Waals surface area contributed by atoms with Gasteiger partial charge in [0.15, 0.2) is 6.29 Å². The van der Waals surface area contributed by atoms with Crippen LogP contribution in [0.5, 0.6) is 0 Å². The lowest BCUT2D eigenvalue weighted by Gasteiger charge is -2.24. The Hall–Kier alpha value is -1.67. The van der Waals surface area contributed by atoms with E-state index in [0.29, 0.717) is 18.2 Å². The van der Waals surface area contributed by atoms with Crippen LogP contribution < -0.4 is 5.32 Å². The lowest BCUT2D eigenvalue weighted by atomic mass is 10.0. The minimum absolute atomic E-state index is 0.381. The van der Waals surface area contributed by atoms with Crippen molar-refractivity contribution in [3.63, 3.8) is 0 Å². The number of amides is 1. The molecule has 0 fully saturated rings. The van der Waals surface area contributed by atoms with E-state index in [9.17, 15) is 22.4 Å².